The number of amides is 1. The van der Waals surface area contributed by atoms with E-state index in [-0.39, 0.29) is 5.91 Å². The molecule has 2 aliphatic heterocycles. The molecule has 0 aromatic heterocycles. The predicted molar refractivity (Wildman–Crippen MR) is 66.5 cm³/mol. The largest absolute Gasteiger partial charge is 0.381 e. The van der Waals surface area contributed by atoms with Crippen molar-refractivity contribution >= 4 is 28.9 Å². The van der Waals surface area contributed by atoms with Crippen LogP contribution in [0.15, 0.2) is 18.2 Å². The van der Waals surface area contributed by atoms with Crippen LogP contribution in [0.1, 0.15) is 12.8 Å². The van der Waals surface area contributed by atoms with Gasteiger partial charge < -0.3 is 15.4 Å². The predicted octanol–water partition coefficient (Wildman–Crippen LogP) is 2.25. The molecule has 3 rings (SSSR count). The number of carbonyl (C=O) groups is 1. The molecule has 0 unspecified atom stereocenters. The highest BCUT2D eigenvalue weighted by atomic mass is 35.5. The molecule has 0 aliphatic carbocycles. The normalized spacial score (nSPS) is 21.6. The van der Waals surface area contributed by atoms with E-state index in [9.17, 15) is 4.79 Å². The first kappa shape index (κ1) is 10.9. The molecule has 1 spiro atoms. The van der Waals surface area contributed by atoms with E-state index >= 15 is 0 Å². The SMILES string of the molecule is O=C1Nc2cccc(Cl)c2NC12CCOCC2. The van der Waals surface area contributed by atoms with Crippen molar-refractivity contribution in [2.45, 2.75) is 18.4 Å². The molecule has 1 fully saturated rings. The Bertz CT molecular complexity index is 470. The third-order valence-corrected chi connectivity index (χ3v) is 3.72. The summed E-state index contributed by atoms with van der Waals surface area (Å²) in [5.74, 6) is 0.00978. The Morgan fingerprint density at radius 3 is 2.82 bits per heavy atom. The fraction of sp³-hybridized carbons (Fsp3) is 0.417. The van der Waals surface area contributed by atoms with Gasteiger partial charge in [-0.05, 0) is 12.1 Å². The summed E-state index contributed by atoms with van der Waals surface area (Å²) in [5, 5.41) is 6.86. The molecule has 0 atom stereocenters. The van der Waals surface area contributed by atoms with E-state index in [2.05, 4.69) is 10.6 Å². The minimum Gasteiger partial charge on any atom is -0.381 e. The lowest BCUT2D eigenvalue weighted by molar-refractivity contribution is -0.123. The van der Waals surface area contributed by atoms with Crippen molar-refractivity contribution in [2.24, 2.45) is 0 Å². The first-order valence-corrected chi connectivity index (χ1v) is 6.05. The standard InChI is InChI=1S/C12H13ClN2O2/c13-8-2-1-3-9-10(8)15-12(11(16)14-9)4-6-17-7-5-12/h1-3,15H,4-7H2,(H,14,16). The summed E-state index contributed by atoms with van der Waals surface area (Å²) >= 11 is 6.15. The van der Waals surface area contributed by atoms with Crippen molar-refractivity contribution in [3.8, 4) is 0 Å². The zero-order valence-corrected chi connectivity index (χ0v) is 10.0. The Morgan fingerprint density at radius 1 is 1.29 bits per heavy atom. The summed E-state index contributed by atoms with van der Waals surface area (Å²) in [7, 11) is 0. The van der Waals surface area contributed by atoms with Gasteiger partial charge in [0.2, 0.25) is 5.91 Å². The summed E-state index contributed by atoms with van der Waals surface area (Å²) in [6.45, 7) is 1.19. The molecule has 2 heterocycles. The van der Waals surface area contributed by atoms with Crippen LogP contribution in [0.25, 0.3) is 0 Å². The number of benzene rings is 1. The summed E-state index contributed by atoms with van der Waals surface area (Å²) < 4.78 is 5.31. The van der Waals surface area contributed by atoms with E-state index < -0.39 is 5.54 Å². The minimum atomic E-state index is -0.559. The second-order valence-electron chi connectivity index (χ2n) is 4.44. The molecule has 4 nitrogen and oxygen atoms in total. The molecule has 2 N–H and O–H groups in total. The lowest BCUT2D eigenvalue weighted by Crippen LogP contribution is -2.55. The van der Waals surface area contributed by atoms with Gasteiger partial charge in [-0.25, -0.2) is 0 Å². The molecule has 1 aromatic rings. The van der Waals surface area contributed by atoms with Crippen molar-refractivity contribution < 1.29 is 9.53 Å². The van der Waals surface area contributed by atoms with Crippen molar-refractivity contribution in [3.63, 3.8) is 0 Å². The first-order valence-electron chi connectivity index (χ1n) is 5.67. The van der Waals surface area contributed by atoms with Crippen LogP contribution < -0.4 is 10.6 Å². The van der Waals surface area contributed by atoms with Gasteiger partial charge in [-0.15, -0.1) is 0 Å². The van der Waals surface area contributed by atoms with Crippen LogP contribution in [-0.4, -0.2) is 24.7 Å². The summed E-state index contributed by atoms with van der Waals surface area (Å²) in [4.78, 5) is 12.2. The van der Waals surface area contributed by atoms with Crippen LogP contribution in [0.3, 0.4) is 0 Å². The molecule has 0 radical (unpaired) electrons. The Hall–Kier alpha value is -1.26. The zero-order chi connectivity index (χ0) is 11.9. The monoisotopic (exact) mass is 252 g/mol. The number of carbonyl (C=O) groups excluding carboxylic acids is 1. The molecule has 90 valence electrons. The maximum atomic E-state index is 12.2. The highest BCUT2D eigenvalue weighted by Gasteiger charge is 2.43. The molecule has 5 heteroatoms. The third-order valence-electron chi connectivity index (χ3n) is 3.41. The van der Waals surface area contributed by atoms with Crippen LogP contribution >= 0.6 is 11.6 Å². The van der Waals surface area contributed by atoms with E-state index in [1.165, 1.54) is 0 Å². The number of nitrogens with one attached hydrogen (secondary N) is 2. The van der Waals surface area contributed by atoms with E-state index in [0.29, 0.717) is 31.1 Å². The molecule has 1 amide bonds. The summed E-state index contributed by atoms with van der Waals surface area (Å²) in [6, 6.07) is 5.49. The number of rotatable bonds is 0. The minimum absolute atomic E-state index is 0.00978. The highest BCUT2D eigenvalue weighted by Crippen LogP contribution is 2.39. The second kappa shape index (κ2) is 3.89. The Balaban J connectivity index is 2.01. The maximum absolute atomic E-state index is 12.2. The molecule has 17 heavy (non-hydrogen) atoms. The van der Waals surface area contributed by atoms with Gasteiger partial charge in [0, 0.05) is 26.1 Å². The molecule has 0 saturated carbocycles. The van der Waals surface area contributed by atoms with E-state index in [4.69, 9.17) is 16.3 Å². The smallest absolute Gasteiger partial charge is 0.250 e. The van der Waals surface area contributed by atoms with Gasteiger partial charge in [0.25, 0.3) is 0 Å². The number of anilines is 2. The van der Waals surface area contributed by atoms with Crippen LogP contribution in [0.4, 0.5) is 11.4 Å². The van der Waals surface area contributed by atoms with Gasteiger partial charge in [-0.1, -0.05) is 17.7 Å². The topological polar surface area (TPSA) is 50.4 Å². The van der Waals surface area contributed by atoms with Gasteiger partial charge in [0.15, 0.2) is 0 Å². The lowest BCUT2D eigenvalue weighted by Gasteiger charge is -2.41. The quantitative estimate of drug-likeness (QED) is 0.745. The Morgan fingerprint density at radius 2 is 2.06 bits per heavy atom. The maximum Gasteiger partial charge on any atom is 0.250 e. The molecular formula is C12H13ClN2O2. The fourth-order valence-corrected chi connectivity index (χ4v) is 2.59. The van der Waals surface area contributed by atoms with Gasteiger partial charge in [0.05, 0.1) is 16.4 Å². The Kier molecular flexibility index (Phi) is 2.49. The summed E-state index contributed by atoms with van der Waals surface area (Å²) in [5.41, 5.74) is 1.01. The van der Waals surface area contributed by atoms with Crippen molar-refractivity contribution in [3.05, 3.63) is 23.2 Å². The van der Waals surface area contributed by atoms with Crippen LogP contribution in [-0.2, 0) is 9.53 Å². The van der Waals surface area contributed by atoms with Crippen molar-refractivity contribution in [1.82, 2.24) is 0 Å². The van der Waals surface area contributed by atoms with Gasteiger partial charge in [-0.2, -0.15) is 0 Å². The number of hydrogen-bond acceptors (Lipinski definition) is 3. The van der Waals surface area contributed by atoms with Crippen LogP contribution in [0.2, 0.25) is 5.02 Å². The number of fused-ring (bicyclic) bond motifs is 1. The van der Waals surface area contributed by atoms with E-state index in [0.717, 1.165) is 11.4 Å². The highest BCUT2D eigenvalue weighted by molar-refractivity contribution is 6.34. The number of ether oxygens (including phenoxy) is 1. The third kappa shape index (κ3) is 1.68. The van der Waals surface area contributed by atoms with E-state index in [1.54, 1.807) is 0 Å². The van der Waals surface area contributed by atoms with E-state index in [1.807, 2.05) is 18.2 Å². The molecule has 1 saturated heterocycles. The molecular weight excluding hydrogens is 240 g/mol. The molecule has 0 bridgehead atoms. The van der Waals surface area contributed by atoms with Crippen molar-refractivity contribution in [2.75, 3.05) is 23.8 Å². The molecule has 1 aromatic carbocycles. The average molecular weight is 253 g/mol. The lowest BCUT2D eigenvalue weighted by atomic mass is 9.86. The zero-order valence-electron chi connectivity index (χ0n) is 9.25. The van der Waals surface area contributed by atoms with Crippen LogP contribution in [0.5, 0.6) is 0 Å². The Labute approximate surface area is 104 Å². The summed E-state index contributed by atoms with van der Waals surface area (Å²) in [6.07, 6.45) is 1.34. The van der Waals surface area contributed by atoms with Gasteiger partial charge in [-0.3, -0.25) is 4.79 Å². The van der Waals surface area contributed by atoms with Crippen molar-refractivity contribution in [1.29, 1.82) is 0 Å². The number of hydrogen-bond donors (Lipinski definition) is 2. The first-order chi connectivity index (χ1) is 8.21. The van der Waals surface area contributed by atoms with Gasteiger partial charge in [0.1, 0.15) is 5.54 Å². The fourth-order valence-electron chi connectivity index (χ4n) is 2.37. The second-order valence-corrected chi connectivity index (χ2v) is 4.84. The number of para-hydroxylation sites is 1. The number of halogens is 1. The molecule has 2 aliphatic rings. The van der Waals surface area contributed by atoms with Crippen LogP contribution in [0, 0.1) is 0 Å². The average Bonchev–Trinajstić information content (AvgIpc) is 2.34. The van der Waals surface area contributed by atoms with Gasteiger partial charge >= 0.3 is 0 Å².